The summed E-state index contributed by atoms with van der Waals surface area (Å²) >= 11 is 0. The van der Waals surface area contributed by atoms with Crippen molar-refractivity contribution in [2.75, 3.05) is 0 Å². The third-order valence-electron chi connectivity index (χ3n) is 4.56. The Morgan fingerprint density at radius 3 is 2.38 bits per heavy atom. The molecule has 0 unspecified atom stereocenters. The van der Waals surface area contributed by atoms with Crippen LogP contribution in [-0.2, 0) is 12.8 Å². The molecular weight excluding hydrogens is 330 g/mol. The summed E-state index contributed by atoms with van der Waals surface area (Å²) in [7, 11) is 0. The maximum Gasteiger partial charge on any atom is 0.387 e. The number of benzene rings is 3. The molecule has 0 N–H and O–H groups in total. The molecule has 0 saturated heterocycles. The lowest BCUT2D eigenvalue weighted by molar-refractivity contribution is -0.0493. The van der Waals surface area contributed by atoms with Crippen molar-refractivity contribution in [3.05, 3.63) is 78.4 Å². The van der Waals surface area contributed by atoms with E-state index >= 15 is 0 Å². The Labute approximate surface area is 152 Å². The Hall–Kier alpha value is -2.68. The summed E-state index contributed by atoms with van der Waals surface area (Å²) in [6.07, 6.45) is 4.50. The predicted molar refractivity (Wildman–Crippen MR) is 104 cm³/mol. The Morgan fingerprint density at radius 2 is 1.73 bits per heavy atom. The van der Waals surface area contributed by atoms with Crippen molar-refractivity contribution in [3.8, 4) is 16.9 Å². The number of halogens is 2. The second-order valence-electron chi connectivity index (χ2n) is 6.25. The molecule has 0 atom stereocenters. The number of rotatable bonds is 7. The molecule has 1 nitrogen and oxygen atoms in total. The SMILES string of the molecule is C=CCCc1ccc(-c2ccc3c(OC(F)F)c(CC)ccc3c2)cc1. The third kappa shape index (κ3) is 3.93. The van der Waals surface area contributed by atoms with Crippen molar-refractivity contribution in [2.24, 2.45) is 0 Å². The van der Waals surface area contributed by atoms with Crippen LogP contribution < -0.4 is 4.74 Å². The van der Waals surface area contributed by atoms with Crippen LogP contribution in [0.5, 0.6) is 5.75 Å². The van der Waals surface area contributed by atoms with Gasteiger partial charge >= 0.3 is 6.61 Å². The van der Waals surface area contributed by atoms with Crippen LogP contribution in [0.4, 0.5) is 8.78 Å². The molecule has 0 aliphatic heterocycles. The minimum absolute atomic E-state index is 0.284. The van der Waals surface area contributed by atoms with Crippen molar-refractivity contribution in [2.45, 2.75) is 32.8 Å². The topological polar surface area (TPSA) is 9.23 Å². The lowest BCUT2D eigenvalue weighted by Gasteiger charge is -2.14. The van der Waals surface area contributed by atoms with E-state index in [1.165, 1.54) is 5.56 Å². The molecule has 0 spiro atoms. The summed E-state index contributed by atoms with van der Waals surface area (Å²) in [6, 6.07) is 18.1. The second-order valence-corrected chi connectivity index (χ2v) is 6.25. The highest BCUT2D eigenvalue weighted by molar-refractivity contribution is 5.93. The monoisotopic (exact) mass is 352 g/mol. The molecule has 3 aromatic carbocycles. The third-order valence-corrected chi connectivity index (χ3v) is 4.56. The van der Waals surface area contributed by atoms with E-state index in [1.807, 2.05) is 43.3 Å². The van der Waals surface area contributed by atoms with E-state index in [0.29, 0.717) is 6.42 Å². The molecule has 0 aliphatic rings. The quantitative estimate of drug-likeness (QED) is 0.425. The first kappa shape index (κ1) is 18.1. The van der Waals surface area contributed by atoms with Gasteiger partial charge in [-0.1, -0.05) is 61.5 Å². The first-order chi connectivity index (χ1) is 12.6. The first-order valence-corrected chi connectivity index (χ1v) is 8.83. The van der Waals surface area contributed by atoms with Gasteiger partial charge in [0.05, 0.1) is 0 Å². The molecule has 0 radical (unpaired) electrons. The minimum atomic E-state index is -2.83. The molecular formula is C23H22F2O. The van der Waals surface area contributed by atoms with E-state index < -0.39 is 6.61 Å². The van der Waals surface area contributed by atoms with E-state index in [1.54, 1.807) is 0 Å². The Morgan fingerprint density at radius 1 is 1.00 bits per heavy atom. The van der Waals surface area contributed by atoms with Crippen molar-refractivity contribution in [1.82, 2.24) is 0 Å². The summed E-state index contributed by atoms with van der Waals surface area (Å²) in [5, 5.41) is 1.61. The number of alkyl halides is 2. The van der Waals surface area contributed by atoms with Gasteiger partial charge in [0.25, 0.3) is 0 Å². The van der Waals surface area contributed by atoms with Crippen molar-refractivity contribution in [1.29, 1.82) is 0 Å². The molecule has 0 aliphatic carbocycles. The smallest absolute Gasteiger partial charge is 0.387 e. The Bertz CT molecular complexity index is 898. The molecule has 0 saturated carbocycles. The summed E-state index contributed by atoms with van der Waals surface area (Å²) in [5.74, 6) is 0.284. The van der Waals surface area contributed by atoms with Gasteiger partial charge in [-0.2, -0.15) is 8.78 Å². The average Bonchev–Trinajstić information content (AvgIpc) is 2.66. The fraction of sp³-hybridized carbons (Fsp3) is 0.217. The Balaban J connectivity index is 1.97. The van der Waals surface area contributed by atoms with Crippen molar-refractivity contribution >= 4 is 10.8 Å². The summed E-state index contributed by atoms with van der Waals surface area (Å²) in [5.41, 5.74) is 4.22. The van der Waals surface area contributed by atoms with Gasteiger partial charge in [0.15, 0.2) is 0 Å². The Kier molecular flexibility index (Phi) is 5.67. The molecule has 0 fully saturated rings. The van der Waals surface area contributed by atoms with Gasteiger partial charge in [-0.15, -0.1) is 6.58 Å². The number of hydrogen-bond acceptors (Lipinski definition) is 1. The summed E-state index contributed by atoms with van der Waals surface area (Å²) in [6.45, 7) is 2.86. The van der Waals surface area contributed by atoms with Crippen LogP contribution in [0.25, 0.3) is 21.9 Å². The highest BCUT2D eigenvalue weighted by Gasteiger charge is 2.13. The second kappa shape index (κ2) is 8.13. The van der Waals surface area contributed by atoms with Gasteiger partial charge in [-0.25, -0.2) is 0 Å². The zero-order chi connectivity index (χ0) is 18.5. The molecule has 0 bridgehead atoms. The van der Waals surface area contributed by atoms with Crippen LogP contribution in [0.3, 0.4) is 0 Å². The standard InChI is InChI=1S/C23H22F2O/c1-3-5-6-16-7-9-18(10-8-16)19-13-14-21-20(15-19)12-11-17(4-2)22(21)26-23(24)25/h3,7-15,23H,1,4-6H2,2H3. The largest absolute Gasteiger partial charge is 0.434 e. The van der Waals surface area contributed by atoms with Gasteiger partial charge in [0.2, 0.25) is 0 Å². The van der Waals surface area contributed by atoms with Gasteiger partial charge in [-0.3, -0.25) is 0 Å². The number of aryl methyl sites for hydroxylation is 2. The fourth-order valence-corrected chi connectivity index (χ4v) is 3.17. The number of allylic oxidation sites excluding steroid dienone is 1. The molecule has 3 heteroatoms. The van der Waals surface area contributed by atoms with E-state index in [4.69, 9.17) is 4.74 Å². The predicted octanol–water partition coefficient (Wildman–Crippen LogP) is 6.79. The molecule has 26 heavy (non-hydrogen) atoms. The van der Waals surface area contributed by atoms with Crippen molar-refractivity contribution in [3.63, 3.8) is 0 Å². The normalized spacial score (nSPS) is 11.1. The molecule has 134 valence electrons. The van der Waals surface area contributed by atoms with Crippen molar-refractivity contribution < 1.29 is 13.5 Å². The average molecular weight is 352 g/mol. The van der Waals surface area contributed by atoms with Crippen LogP contribution in [0.15, 0.2) is 67.3 Å². The number of hydrogen-bond donors (Lipinski definition) is 0. The van der Waals surface area contributed by atoms with Gasteiger partial charge in [0.1, 0.15) is 5.75 Å². The van der Waals surface area contributed by atoms with E-state index in [0.717, 1.165) is 40.3 Å². The van der Waals surface area contributed by atoms with E-state index in [-0.39, 0.29) is 5.75 Å². The van der Waals surface area contributed by atoms with Gasteiger partial charge in [0, 0.05) is 5.39 Å². The van der Waals surface area contributed by atoms with Crippen LogP contribution in [0.2, 0.25) is 0 Å². The van der Waals surface area contributed by atoms with Crippen LogP contribution in [0, 0.1) is 0 Å². The lowest BCUT2D eigenvalue weighted by atomic mass is 9.97. The number of fused-ring (bicyclic) bond motifs is 1. The zero-order valence-corrected chi connectivity index (χ0v) is 14.8. The number of ether oxygens (including phenoxy) is 1. The highest BCUT2D eigenvalue weighted by atomic mass is 19.3. The zero-order valence-electron chi connectivity index (χ0n) is 14.8. The molecule has 0 amide bonds. The first-order valence-electron chi connectivity index (χ1n) is 8.83. The summed E-state index contributed by atoms with van der Waals surface area (Å²) in [4.78, 5) is 0. The molecule has 3 aromatic rings. The molecule has 0 aromatic heterocycles. The highest BCUT2D eigenvalue weighted by Crippen LogP contribution is 2.34. The maximum absolute atomic E-state index is 12.8. The summed E-state index contributed by atoms with van der Waals surface area (Å²) < 4.78 is 30.4. The van der Waals surface area contributed by atoms with Crippen LogP contribution >= 0.6 is 0 Å². The van der Waals surface area contributed by atoms with Gasteiger partial charge < -0.3 is 4.74 Å². The lowest BCUT2D eigenvalue weighted by Crippen LogP contribution is -2.04. The van der Waals surface area contributed by atoms with Crippen LogP contribution in [-0.4, -0.2) is 6.61 Å². The van der Waals surface area contributed by atoms with E-state index in [2.05, 4.69) is 30.8 Å². The van der Waals surface area contributed by atoms with Gasteiger partial charge in [-0.05, 0) is 53.0 Å². The molecule has 0 heterocycles. The van der Waals surface area contributed by atoms with E-state index in [9.17, 15) is 8.78 Å². The molecule has 3 rings (SSSR count). The maximum atomic E-state index is 12.8. The fourth-order valence-electron chi connectivity index (χ4n) is 3.17. The van der Waals surface area contributed by atoms with Crippen LogP contribution in [0.1, 0.15) is 24.5 Å². The minimum Gasteiger partial charge on any atom is -0.434 e.